The minimum Gasteiger partial charge on any atom is -0.497 e. The number of nitrogens with zero attached hydrogens (tertiary/aromatic N) is 2. The molecule has 1 unspecified atom stereocenters. The second kappa shape index (κ2) is 10.7. The van der Waals surface area contributed by atoms with Crippen molar-refractivity contribution in [2.45, 2.75) is 25.1 Å². The first-order valence-electron chi connectivity index (χ1n) is 10.9. The normalized spacial score (nSPS) is 13.4. The molecule has 1 aliphatic rings. The second-order valence-electron chi connectivity index (χ2n) is 7.92. The average molecular weight is 486 g/mol. The maximum atomic E-state index is 12.7. The molecule has 0 fully saturated rings. The highest BCUT2D eigenvalue weighted by molar-refractivity contribution is 7.99. The maximum absolute atomic E-state index is 12.7. The molecule has 1 amide bonds. The Morgan fingerprint density at radius 1 is 1.06 bits per heavy atom. The van der Waals surface area contributed by atoms with Crippen molar-refractivity contribution in [2.75, 3.05) is 33.2 Å². The smallest absolute Gasteiger partial charge is 0.277 e. The van der Waals surface area contributed by atoms with Crippen LogP contribution in [0.15, 0.2) is 46.0 Å². The van der Waals surface area contributed by atoms with Crippen LogP contribution in [0.2, 0.25) is 0 Å². The van der Waals surface area contributed by atoms with Gasteiger partial charge in [0, 0.05) is 6.07 Å². The molecule has 4 rings (SSSR count). The molecular formula is C24H27N3O6S. The number of aromatic nitrogens is 2. The Morgan fingerprint density at radius 3 is 2.59 bits per heavy atom. The van der Waals surface area contributed by atoms with Crippen molar-refractivity contribution in [2.24, 2.45) is 5.92 Å². The van der Waals surface area contributed by atoms with E-state index in [1.54, 1.807) is 32.4 Å². The fourth-order valence-electron chi connectivity index (χ4n) is 3.58. The molecule has 0 radical (unpaired) electrons. The first kappa shape index (κ1) is 23.7. The predicted octanol–water partition coefficient (Wildman–Crippen LogP) is 4.13. The zero-order chi connectivity index (χ0) is 24.1. The fraction of sp³-hybridized carbons (Fsp3) is 0.375. The van der Waals surface area contributed by atoms with Gasteiger partial charge in [-0.3, -0.25) is 4.79 Å². The summed E-state index contributed by atoms with van der Waals surface area (Å²) in [6.45, 7) is 5.17. The van der Waals surface area contributed by atoms with E-state index < -0.39 is 0 Å². The van der Waals surface area contributed by atoms with Gasteiger partial charge in [-0.15, -0.1) is 10.2 Å². The Hall–Kier alpha value is -3.40. The van der Waals surface area contributed by atoms with Crippen molar-refractivity contribution >= 4 is 17.7 Å². The van der Waals surface area contributed by atoms with Crippen LogP contribution in [-0.4, -0.2) is 49.3 Å². The summed E-state index contributed by atoms with van der Waals surface area (Å²) in [5.74, 6) is 3.11. The van der Waals surface area contributed by atoms with E-state index in [1.807, 2.05) is 18.2 Å². The van der Waals surface area contributed by atoms with Gasteiger partial charge < -0.3 is 28.7 Å². The summed E-state index contributed by atoms with van der Waals surface area (Å²) < 4.78 is 27.6. The second-order valence-corrected chi connectivity index (χ2v) is 8.85. The van der Waals surface area contributed by atoms with Gasteiger partial charge in [-0.05, 0) is 35.7 Å². The monoisotopic (exact) mass is 485 g/mol. The number of benzene rings is 2. The SMILES string of the molecule is COc1ccc(-c2nnc(SCC(=O)NC(c3ccc4c(c3)OCCO4)C(C)C)o2)c(OC)c1. The van der Waals surface area contributed by atoms with Gasteiger partial charge in [-0.1, -0.05) is 31.7 Å². The number of rotatable bonds is 9. The van der Waals surface area contributed by atoms with Gasteiger partial charge in [0.05, 0.1) is 31.6 Å². The van der Waals surface area contributed by atoms with E-state index in [4.69, 9.17) is 23.4 Å². The molecule has 2 heterocycles. The topological polar surface area (TPSA) is 105 Å². The van der Waals surface area contributed by atoms with Crippen molar-refractivity contribution in [3.05, 3.63) is 42.0 Å². The van der Waals surface area contributed by atoms with Crippen LogP contribution in [-0.2, 0) is 4.79 Å². The van der Waals surface area contributed by atoms with Crippen LogP contribution in [0.3, 0.4) is 0 Å². The van der Waals surface area contributed by atoms with Crippen LogP contribution >= 0.6 is 11.8 Å². The number of methoxy groups -OCH3 is 2. The van der Waals surface area contributed by atoms with Gasteiger partial charge in [0.1, 0.15) is 24.7 Å². The van der Waals surface area contributed by atoms with Crippen molar-refractivity contribution in [3.63, 3.8) is 0 Å². The van der Waals surface area contributed by atoms with Crippen LogP contribution in [0.4, 0.5) is 0 Å². The summed E-state index contributed by atoms with van der Waals surface area (Å²) in [7, 11) is 3.14. The lowest BCUT2D eigenvalue weighted by molar-refractivity contribution is -0.119. The number of hydrogen-bond donors (Lipinski definition) is 1. The van der Waals surface area contributed by atoms with Gasteiger partial charge in [-0.25, -0.2) is 0 Å². The molecule has 9 nitrogen and oxygen atoms in total. The Labute approximate surface area is 202 Å². The zero-order valence-electron chi connectivity index (χ0n) is 19.5. The number of ether oxygens (including phenoxy) is 4. The molecule has 0 saturated heterocycles. The Bertz CT molecular complexity index is 1150. The molecule has 3 aromatic rings. The molecule has 1 N–H and O–H groups in total. The first-order chi connectivity index (χ1) is 16.5. The van der Waals surface area contributed by atoms with Gasteiger partial charge in [0.25, 0.3) is 11.1 Å². The molecule has 0 saturated carbocycles. The average Bonchev–Trinajstić information content (AvgIpc) is 3.34. The molecule has 180 valence electrons. The molecule has 10 heteroatoms. The highest BCUT2D eigenvalue weighted by Crippen LogP contribution is 2.35. The van der Waals surface area contributed by atoms with Gasteiger partial charge >= 0.3 is 0 Å². The third kappa shape index (κ3) is 5.39. The lowest BCUT2D eigenvalue weighted by Crippen LogP contribution is -2.33. The number of amides is 1. The summed E-state index contributed by atoms with van der Waals surface area (Å²) in [5.41, 5.74) is 1.61. The lowest BCUT2D eigenvalue weighted by Gasteiger charge is -2.25. The van der Waals surface area contributed by atoms with Crippen LogP contribution in [0, 0.1) is 5.92 Å². The number of thioether (sulfide) groups is 1. The van der Waals surface area contributed by atoms with Crippen molar-refractivity contribution in [1.29, 1.82) is 0 Å². The summed E-state index contributed by atoms with van der Waals surface area (Å²) >= 11 is 1.17. The maximum Gasteiger partial charge on any atom is 0.277 e. The Kier molecular flexibility index (Phi) is 7.46. The fourth-order valence-corrected chi connectivity index (χ4v) is 4.16. The summed E-state index contributed by atoms with van der Waals surface area (Å²) in [5, 5.41) is 11.5. The minimum atomic E-state index is -0.175. The number of hydrogen-bond acceptors (Lipinski definition) is 9. The van der Waals surface area contributed by atoms with Crippen LogP contribution in [0.25, 0.3) is 11.5 Å². The molecule has 1 aliphatic heterocycles. The van der Waals surface area contributed by atoms with E-state index in [0.29, 0.717) is 47.1 Å². The molecule has 0 bridgehead atoms. The Balaban J connectivity index is 1.39. The third-order valence-electron chi connectivity index (χ3n) is 5.28. The molecular weight excluding hydrogens is 458 g/mol. The van der Waals surface area contributed by atoms with Crippen molar-refractivity contribution in [3.8, 4) is 34.5 Å². The summed E-state index contributed by atoms with van der Waals surface area (Å²) in [4.78, 5) is 12.7. The number of carbonyl (C=O) groups excluding carboxylic acids is 1. The van der Waals surface area contributed by atoms with Crippen LogP contribution in [0.5, 0.6) is 23.0 Å². The van der Waals surface area contributed by atoms with Crippen LogP contribution < -0.4 is 24.3 Å². The van der Waals surface area contributed by atoms with E-state index in [0.717, 1.165) is 11.3 Å². The number of nitrogens with one attached hydrogen (secondary N) is 1. The predicted molar refractivity (Wildman–Crippen MR) is 127 cm³/mol. The molecule has 0 spiro atoms. The Morgan fingerprint density at radius 2 is 1.85 bits per heavy atom. The molecule has 1 aromatic heterocycles. The van der Waals surface area contributed by atoms with Crippen molar-refractivity contribution in [1.82, 2.24) is 15.5 Å². The third-order valence-corrected chi connectivity index (χ3v) is 6.10. The zero-order valence-corrected chi connectivity index (χ0v) is 20.3. The highest BCUT2D eigenvalue weighted by atomic mass is 32.2. The molecule has 2 aromatic carbocycles. The van der Waals surface area contributed by atoms with E-state index in [1.165, 1.54) is 11.8 Å². The minimum absolute atomic E-state index is 0.134. The summed E-state index contributed by atoms with van der Waals surface area (Å²) in [6, 6.07) is 10.9. The molecule has 1 atom stereocenters. The van der Waals surface area contributed by atoms with Crippen molar-refractivity contribution < 1.29 is 28.2 Å². The number of fused-ring (bicyclic) bond motifs is 1. The quantitative estimate of drug-likeness (QED) is 0.448. The van der Waals surface area contributed by atoms with Crippen LogP contribution in [0.1, 0.15) is 25.5 Å². The van der Waals surface area contributed by atoms with E-state index in [2.05, 4.69) is 29.4 Å². The first-order valence-corrected chi connectivity index (χ1v) is 11.8. The highest BCUT2D eigenvalue weighted by Gasteiger charge is 2.22. The van der Waals surface area contributed by atoms with Gasteiger partial charge in [0.15, 0.2) is 11.5 Å². The van der Waals surface area contributed by atoms with Gasteiger partial charge in [-0.2, -0.15) is 0 Å². The number of carbonyl (C=O) groups is 1. The van der Waals surface area contributed by atoms with E-state index in [-0.39, 0.29) is 23.6 Å². The van der Waals surface area contributed by atoms with E-state index >= 15 is 0 Å². The molecule has 34 heavy (non-hydrogen) atoms. The largest absolute Gasteiger partial charge is 0.497 e. The lowest BCUT2D eigenvalue weighted by atomic mass is 9.95. The molecule has 0 aliphatic carbocycles. The van der Waals surface area contributed by atoms with Gasteiger partial charge in [0.2, 0.25) is 5.91 Å². The summed E-state index contributed by atoms with van der Waals surface area (Å²) in [6.07, 6.45) is 0. The van der Waals surface area contributed by atoms with E-state index in [9.17, 15) is 4.79 Å². The standard InChI is InChI=1S/C24H27N3O6S/c1-14(2)22(15-5-8-18-20(11-15)32-10-9-31-18)25-21(28)13-34-24-27-26-23(33-24)17-7-6-16(29-3)12-19(17)30-4/h5-8,11-12,14,22H,9-10,13H2,1-4H3,(H,25,28).